The Labute approximate surface area is 87.2 Å². The van der Waals surface area contributed by atoms with Crippen molar-refractivity contribution < 1.29 is 4.79 Å². The van der Waals surface area contributed by atoms with E-state index in [4.69, 9.17) is 0 Å². The Bertz CT molecular complexity index is 303. The van der Waals surface area contributed by atoms with Gasteiger partial charge in [0.15, 0.2) is 5.82 Å². The van der Waals surface area contributed by atoms with Crippen LogP contribution in [0.4, 0.5) is 0 Å². The first-order valence-electron chi connectivity index (χ1n) is 5.07. The summed E-state index contributed by atoms with van der Waals surface area (Å²) in [7, 11) is 0. The Morgan fingerprint density at radius 1 is 1.40 bits per heavy atom. The van der Waals surface area contributed by atoms with Gasteiger partial charge in [0.2, 0.25) is 5.91 Å². The van der Waals surface area contributed by atoms with Crippen LogP contribution in [0.5, 0.6) is 0 Å². The molecule has 7 heteroatoms. The third kappa shape index (κ3) is 2.72. The van der Waals surface area contributed by atoms with E-state index in [0.717, 1.165) is 32.6 Å². The number of hydrogen-bond acceptors (Lipinski definition) is 5. The predicted molar refractivity (Wildman–Crippen MR) is 51.9 cm³/mol. The predicted octanol–water partition coefficient (Wildman–Crippen LogP) is -1.44. The standard InChI is InChI=1S/C8H14N6O/c15-8(6-7-10-12-13-11-7)14-4-1-2-9-3-5-14/h9H,1-6H2,(H,10,11,12,13). The molecule has 7 nitrogen and oxygen atoms in total. The van der Waals surface area contributed by atoms with E-state index in [2.05, 4.69) is 25.9 Å². The molecular formula is C8H14N6O. The fourth-order valence-electron chi connectivity index (χ4n) is 1.60. The summed E-state index contributed by atoms with van der Waals surface area (Å²) in [5, 5.41) is 16.5. The minimum atomic E-state index is 0.0695. The van der Waals surface area contributed by atoms with Crippen molar-refractivity contribution in [2.45, 2.75) is 12.8 Å². The number of tetrazole rings is 1. The lowest BCUT2D eigenvalue weighted by Gasteiger charge is -2.18. The van der Waals surface area contributed by atoms with Gasteiger partial charge in [0.1, 0.15) is 0 Å². The van der Waals surface area contributed by atoms with E-state index >= 15 is 0 Å². The molecule has 0 bridgehead atoms. The largest absolute Gasteiger partial charge is 0.341 e. The third-order valence-corrected chi connectivity index (χ3v) is 2.39. The summed E-state index contributed by atoms with van der Waals surface area (Å²) in [4.78, 5) is 13.6. The SMILES string of the molecule is O=C(Cc1nn[nH]n1)N1CCCNCC1. The number of nitrogens with one attached hydrogen (secondary N) is 2. The highest BCUT2D eigenvalue weighted by Crippen LogP contribution is 1.99. The Kier molecular flexibility index (Phi) is 3.23. The molecule has 1 saturated heterocycles. The van der Waals surface area contributed by atoms with E-state index in [1.807, 2.05) is 4.90 Å². The normalized spacial score (nSPS) is 17.5. The quantitative estimate of drug-likeness (QED) is 0.624. The zero-order chi connectivity index (χ0) is 10.5. The third-order valence-electron chi connectivity index (χ3n) is 2.39. The smallest absolute Gasteiger partial charge is 0.230 e. The number of nitrogens with zero attached hydrogens (tertiary/aromatic N) is 4. The van der Waals surface area contributed by atoms with Crippen LogP contribution in [0.2, 0.25) is 0 Å². The highest BCUT2D eigenvalue weighted by atomic mass is 16.2. The van der Waals surface area contributed by atoms with Crippen LogP contribution in [0.15, 0.2) is 0 Å². The summed E-state index contributed by atoms with van der Waals surface area (Å²) < 4.78 is 0. The summed E-state index contributed by atoms with van der Waals surface area (Å²) in [6.07, 6.45) is 1.23. The molecule has 1 fully saturated rings. The van der Waals surface area contributed by atoms with Crippen molar-refractivity contribution >= 4 is 5.91 Å². The van der Waals surface area contributed by atoms with Crippen LogP contribution in [0.3, 0.4) is 0 Å². The van der Waals surface area contributed by atoms with E-state index in [1.54, 1.807) is 0 Å². The van der Waals surface area contributed by atoms with Gasteiger partial charge in [-0.15, -0.1) is 10.2 Å². The van der Waals surface area contributed by atoms with Gasteiger partial charge in [-0.2, -0.15) is 5.21 Å². The van der Waals surface area contributed by atoms with Crippen molar-refractivity contribution in [1.29, 1.82) is 0 Å². The van der Waals surface area contributed by atoms with Crippen LogP contribution in [0.25, 0.3) is 0 Å². The first kappa shape index (κ1) is 10.0. The fraction of sp³-hybridized carbons (Fsp3) is 0.750. The van der Waals surface area contributed by atoms with Crippen LogP contribution >= 0.6 is 0 Å². The van der Waals surface area contributed by atoms with E-state index in [1.165, 1.54) is 0 Å². The molecule has 1 amide bonds. The van der Waals surface area contributed by atoms with E-state index in [0.29, 0.717) is 5.82 Å². The summed E-state index contributed by atoms with van der Waals surface area (Å²) in [5.41, 5.74) is 0. The molecule has 15 heavy (non-hydrogen) atoms. The maximum atomic E-state index is 11.8. The van der Waals surface area contributed by atoms with Crippen molar-refractivity contribution in [1.82, 2.24) is 30.8 Å². The lowest BCUT2D eigenvalue weighted by Crippen LogP contribution is -2.35. The Balaban J connectivity index is 1.89. The Morgan fingerprint density at radius 3 is 3.13 bits per heavy atom. The van der Waals surface area contributed by atoms with Gasteiger partial charge in [0.25, 0.3) is 0 Å². The molecule has 2 N–H and O–H groups in total. The highest BCUT2D eigenvalue weighted by molar-refractivity contribution is 5.77. The van der Waals surface area contributed by atoms with Gasteiger partial charge in [-0.1, -0.05) is 5.21 Å². The first-order chi connectivity index (χ1) is 7.36. The second kappa shape index (κ2) is 4.83. The topological polar surface area (TPSA) is 86.8 Å². The van der Waals surface area contributed by atoms with Crippen molar-refractivity contribution in [2.24, 2.45) is 0 Å². The van der Waals surface area contributed by atoms with E-state index < -0.39 is 0 Å². The molecule has 0 aliphatic carbocycles. The van der Waals surface area contributed by atoms with Crippen LogP contribution in [0.1, 0.15) is 12.2 Å². The van der Waals surface area contributed by atoms with Gasteiger partial charge in [-0.05, 0) is 13.0 Å². The zero-order valence-electron chi connectivity index (χ0n) is 8.44. The summed E-state index contributed by atoms with van der Waals surface area (Å²) in [6.45, 7) is 3.41. The Morgan fingerprint density at radius 2 is 2.33 bits per heavy atom. The Hall–Kier alpha value is -1.50. The summed E-state index contributed by atoms with van der Waals surface area (Å²) in [6, 6.07) is 0. The van der Waals surface area contributed by atoms with Gasteiger partial charge < -0.3 is 10.2 Å². The van der Waals surface area contributed by atoms with Crippen LogP contribution in [-0.4, -0.2) is 57.6 Å². The molecule has 0 aromatic carbocycles. The van der Waals surface area contributed by atoms with Crippen LogP contribution in [0, 0.1) is 0 Å². The average molecular weight is 210 g/mol. The highest BCUT2D eigenvalue weighted by Gasteiger charge is 2.16. The number of aromatic nitrogens is 4. The molecule has 1 aromatic rings. The molecular weight excluding hydrogens is 196 g/mol. The van der Waals surface area contributed by atoms with Gasteiger partial charge in [0, 0.05) is 19.6 Å². The summed E-state index contributed by atoms with van der Waals surface area (Å²) in [5.74, 6) is 0.525. The lowest BCUT2D eigenvalue weighted by molar-refractivity contribution is -0.130. The monoisotopic (exact) mass is 210 g/mol. The lowest BCUT2D eigenvalue weighted by atomic mass is 10.3. The number of amides is 1. The molecule has 0 unspecified atom stereocenters. The number of aromatic amines is 1. The first-order valence-corrected chi connectivity index (χ1v) is 5.07. The molecule has 2 rings (SSSR count). The number of H-pyrrole nitrogens is 1. The van der Waals surface area contributed by atoms with Gasteiger partial charge in [-0.25, -0.2) is 0 Å². The molecule has 82 valence electrons. The molecule has 1 aromatic heterocycles. The molecule has 1 aliphatic heterocycles. The van der Waals surface area contributed by atoms with E-state index in [-0.39, 0.29) is 12.3 Å². The minimum absolute atomic E-state index is 0.0695. The molecule has 0 radical (unpaired) electrons. The van der Waals surface area contributed by atoms with Gasteiger partial charge >= 0.3 is 0 Å². The molecule has 0 spiro atoms. The zero-order valence-corrected chi connectivity index (χ0v) is 8.44. The van der Waals surface area contributed by atoms with Crippen LogP contribution < -0.4 is 5.32 Å². The summed E-state index contributed by atoms with van der Waals surface area (Å²) >= 11 is 0. The van der Waals surface area contributed by atoms with Crippen molar-refractivity contribution in [2.75, 3.05) is 26.2 Å². The number of carbonyl (C=O) groups is 1. The minimum Gasteiger partial charge on any atom is -0.341 e. The second-order valence-corrected chi connectivity index (χ2v) is 3.49. The van der Waals surface area contributed by atoms with Gasteiger partial charge in [-0.3, -0.25) is 4.79 Å². The van der Waals surface area contributed by atoms with Gasteiger partial charge in [0.05, 0.1) is 6.42 Å². The van der Waals surface area contributed by atoms with E-state index in [9.17, 15) is 4.79 Å². The number of hydrogen-bond donors (Lipinski definition) is 2. The molecule has 0 atom stereocenters. The maximum Gasteiger partial charge on any atom is 0.230 e. The average Bonchev–Trinajstić information content (AvgIpc) is 2.58. The fourth-order valence-corrected chi connectivity index (χ4v) is 1.60. The van der Waals surface area contributed by atoms with Crippen LogP contribution in [-0.2, 0) is 11.2 Å². The van der Waals surface area contributed by atoms with Crippen molar-refractivity contribution in [3.63, 3.8) is 0 Å². The molecule has 0 saturated carbocycles. The van der Waals surface area contributed by atoms with Crippen molar-refractivity contribution in [3.8, 4) is 0 Å². The van der Waals surface area contributed by atoms with Crippen molar-refractivity contribution in [3.05, 3.63) is 5.82 Å². The maximum absolute atomic E-state index is 11.8. The number of carbonyl (C=O) groups excluding carboxylic acids is 1. The molecule has 2 heterocycles. The molecule has 1 aliphatic rings. The number of rotatable bonds is 2. The second-order valence-electron chi connectivity index (χ2n) is 3.49.